The Labute approximate surface area is 194 Å². The molecule has 1 aliphatic rings. The highest BCUT2D eigenvalue weighted by Crippen LogP contribution is 2.33. The number of carbonyl (C=O) groups is 1. The van der Waals surface area contributed by atoms with Gasteiger partial charge >= 0.3 is 0 Å². The number of anilines is 1. The van der Waals surface area contributed by atoms with Gasteiger partial charge in [-0.1, -0.05) is 103 Å². The molecule has 0 radical (unpaired) electrons. The third-order valence-corrected chi connectivity index (χ3v) is 7.43. The summed E-state index contributed by atoms with van der Waals surface area (Å²) < 4.78 is 0. The highest BCUT2D eigenvalue weighted by molar-refractivity contribution is 7.99. The average Bonchev–Trinajstić information content (AvgIpc) is 3.27. The van der Waals surface area contributed by atoms with Crippen molar-refractivity contribution in [2.75, 3.05) is 18.0 Å². The van der Waals surface area contributed by atoms with E-state index in [1.807, 2.05) is 24.3 Å². The summed E-state index contributed by atoms with van der Waals surface area (Å²) in [6, 6.07) is 7.81. The summed E-state index contributed by atoms with van der Waals surface area (Å²) in [5.41, 5.74) is 7.71. The molecule has 4 N–H and O–H groups in total. The van der Waals surface area contributed by atoms with Crippen LogP contribution in [0.5, 0.6) is 0 Å². The maximum absolute atomic E-state index is 12.4. The van der Waals surface area contributed by atoms with Crippen molar-refractivity contribution in [3.8, 4) is 0 Å². The fourth-order valence-corrected chi connectivity index (χ4v) is 5.38. The predicted octanol–water partition coefficient (Wildman–Crippen LogP) is 6.57. The van der Waals surface area contributed by atoms with E-state index in [-0.39, 0.29) is 17.3 Å². The summed E-state index contributed by atoms with van der Waals surface area (Å²) >= 11 is 1.79. The Balaban J connectivity index is 1.38. The van der Waals surface area contributed by atoms with Crippen molar-refractivity contribution >= 4 is 23.4 Å². The Hall–Kier alpha value is -1.20. The van der Waals surface area contributed by atoms with Crippen molar-refractivity contribution in [3.63, 3.8) is 0 Å². The standard InChI is InChI=1S/C26H45N3OS/c1-2-3-4-5-6-7-8-9-10-11-12-13-14-15-20-28-25(30)24-21-31-26(29-24)22-16-18-23(27)19-17-22/h16-19,24,26,29H,2-15,20-21,27H2,1H3,(H,28,30)/t24-,26?/m0/s1. The third kappa shape index (κ3) is 11.3. The lowest BCUT2D eigenvalue weighted by atomic mass is 10.0. The normalized spacial score (nSPS) is 18.4. The van der Waals surface area contributed by atoms with E-state index >= 15 is 0 Å². The topological polar surface area (TPSA) is 67.2 Å². The zero-order valence-electron chi connectivity index (χ0n) is 19.7. The van der Waals surface area contributed by atoms with Crippen LogP contribution in [0.2, 0.25) is 0 Å². The number of hydrogen-bond acceptors (Lipinski definition) is 4. The SMILES string of the molecule is CCCCCCCCCCCCCCCCNC(=O)[C@@H]1CSC(c2ccc(N)cc2)N1. The Morgan fingerprint density at radius 1 is 0.903 bits per heavy atom. The predicted molar refractivity (Wildman–Crippen MR) is 136 cm³/mol. The molecule has 0 aliphatic carbocycles. The van der Waals surface area contributed by atoms with Crippen LogP contribution in [-0.4, -0.2) is 24.2 Å². The second-order valence-corrected chi connectivity index (χ2v) is 10.1. The zero-order valence-corrected chi connectivity index (χ0v) is 20.5. The van der Waals surface area contributed by atoms with Gasteiger partial charge in [0.25, 0.3) is 0 Å². The Morgan fingerprint density at radius 3 is 1.97 bits per heavy atom. The maximum Gasteiger partial charge on any atom is 0.238 e. The summed E-state index contributed by atoms with van der Waals surface area (Å²) in [6.07, 6.45) is 19.0. The lowest BCUT2D eigenvalue weighted by Gasteiger charge is -2.14. The lowest BCUT2D eigenvalue weighted by molar-refractivity contribution is -0.122. The minimum Gasteiger partial charge on any atom is -0.399 e. The van der Waals surface area contributed by atoms with Crippen LogP contribution in [0.4, 0.5) is 5.69 Å². The lowest BCUT2D eigenvalue weighted by Crippen LogP contribution is -2.42. The molecular formula is C26H45N3OS. The van der Waals surface area contributed by atoms with Crippen molar-refractivity contribution in [2.45, 2.75) is 108 Å². The van der Waals surface area contributed by atoms with Crippen LogP contribution in [0.3, 0.4) is 0 Å². The van der Waals surface area contributed by atoms with Gasteiger partial charge in [0.2, 0.25) is 5.91 Å². The quantitative estimate of drug-likeness (QED) is 0.187. The first-order valence-corrected chi connectivity index (χ1v) is 13.8. The molecule has 1 aromatic carbocycles. The van der Waals surface area contributed by atoms with E-state index in [4.69, 9.17) is 5.73 Å². The molecule has 1 aliphatic heterocycles. The molecule has 1 fully saturated rings. The number of hydrogen-bond donors (Lipinski definition) is 3. The fourth-order valence-electron chi connectivity index (χ4n) is 4.14. The van der Waals surface area contributed by atoms with Gasteiger partial charge in [0.1, 0.15) is 0 Å². The van der Waals surface area contributed by atoms with Crippen LogP contribution in [0.1, 0.15) is 108 Å². The van der Waals surface area contributed by atoms with Crippen LogP contribution in [0.25, 0.3) is 0 Å². The van der Waals surface area contributed by atoms with Gasteiger partial charge in [0.05, 0.1) is 11.4 Å². The highest BCUT2D eigenvalue weighted by Gasteiger charge is 2.30. The van der Waals surface area contributed by atoms with Crippen LogP contribution in [-0.2, 0) is 4.79 Å². The van der Waals surface area contributed by atoms with Crippen LogP contribution < -0.4 is 16.4 Å². The van der Waals surface area contributed by atoms with Gasteiger partial charge < -0.3 is 11.1 Å². The molecule has 1 unspecified atom stereocenters. The molecule has 2 rings (SSSR count). The monoisotopic (exact) mass is 447 g/mol. The molecule has 2 atom stereocenters. The molecular weight excluding hydrogens is 402 g/mol. The molecule has 0 saturated carbocycles. The first-order chi connectivity index (χ1) is 15.2. The van der Waals surface area contributed by atoms with Gasteiger partial charge in [-0.15, -0.1) is 11.8 Å². The van der Waals surface area contributed by atoms with Gasteiger partial charge in [-0.25, -0.2) is 0 Å². The first kappa shape index (κ1) is 26.1. The highest BCUT2D eigenvalue weighted by atomic mass is 32.2. The van der Waals surface area contributed by atoms with Crippen LogP contribution >= 0.6 is 11.8 Å². The summed E-state index contributed by atoms with van der Waals surface area (Å²) in [4.78, 5) is 12.4. The Morgan fingerprint density at radius 2 is 1.42 bits per heavy atom. The molecule has 176 valence electrons. The summed E-state index contributed by atoms with van der Waals surface area (Å²) in [5.74, 6) is 0.958. The van der Waals surface area contributed by atoms with Crippen molar-refractivity contribution in [1.82, 2.24) is 10.6 Å². The maximum atomic E-state index is 12.4. The van der Waals surface area contributed by atoms with Gasteiger partial charge in [-0.3, -0.25) is 10.1 Å². The van der Waals surface area contributed by atoms with Gasteiger partial charge in [-0.05, 0) is 24.1 Å². The van der Waals surface area contributed by atoms with E-state index in [0.29, 0.717) is 0 Å². The van der Waals surface area contributed by atoms with Gasteiger partial charge in [-0.2, -0.15) is 0 Å². The van der Waals surface area contributed by atoms with Crippen LogP contribution in [0.15, 0.2) is 24.3 Å². The molecule has 31 heavy (non-hydrogen) atoms. The van der Waals surface area contributed by atoms with Crippen molar-refractivity contribution < 1.29 is 4.79 Å². The summed E-state index contributed by atoms with van der Waals surface area (Å²) in [5, 5.41) is 6.73. The number of nitrogens with two attached hydrogens (primary N) is 1. The van der Waals surface area contributed by atoms with E-state index in [1.165, 1.54) is 89.0 Å². The molecule has 0 spiro atoms. The summed E-state index contributed by atoms with van der Waals surface area (Å²) in [6.45, 7) is 3.08. The average molecular weight is 448 g/mol. The van der Waals surface area contributed by atoms with Crippen molar-refractivity contribution in [1.29, 1.82) is 0 Å². The largest absolute Gasteiger partial charge is 0.399 e. The molecule has 4 nitrogen and oxygen atoms in total. The number of rotatable bonds is 17. The van der Waals surface area contributed by atoms with Gasteiger partial charge in [0, 0.05) is 18.0 Å². The van der Waals surface area contributed by atoms with E-state index in [0.717, 1.165) is 24.4 Å². The third-order valence-electron chi connectivity index (χ3n) is 6.17. The van der Waals surface area contributed by atoms with E-state index in [1.54, 1.807) is 11.8 Å². The minimum absolute atomic E-state index is 0.0980. The Kier molecular flexibility index (Phi) is 13.8. The molecule has 0 bridgehead atoms. The summed E-state index contributed by atoms with van der Waals surface area (Å²) in [7, 11) is 0. The number of thioether (sulfide) groups is 1. The molecule has 1 amide bonds. The van der Waals surface area contributed by atoms with E-state index in [2.05, 4.69) is 17.6 Å². The second-order valence-electron chi connectivity index (χ2n) is 8.99. The molecule has 5 heteroatoms. The van der Waals surface area contributed by atoms with Crippen molar-refractivity contribution in [3.05, 3.63) is 29.8 Å². The number of carbonyl (C=O) groups excluding carboxylic acids is 1. The molecule has 1 saturated heterocycles. The second kappa shape index (κ2) is 16.4. The first-order valence-electron chi connectivity index (χ1n) is 12.7. The molecule has 1 heterocycles. The Bertz CT molecular complexity index is 593. The van der Waals surface area contributed by atoms with Crippen LogP contribution in [0, 0.1) is 0 Å². The number of unbranched alkanes of at least 4 members (excludes halogenated alkanes) is 13. The van der Waals surface area contributed by atoms with Crippen molar-refractivity contribution in [2.24, 2.45) is 0 Å². The number of nitrogen functional groups attached to an aromatic ring is 1. The van der Waals surface area contributed by atoms with Gasteiger partial charge in [0.15, 0.2) is 0 Å². The van der Waals surface area contributed by atoms with E-state index in [9.17, 15) is 4.79 Å². The van der Waals surface area contributed by atoms with E-state index < -0.39 is 0 Å². The molecule has 0 aromatic heterocycles. The fraction of sp³-hybridized carbons (Fsp3) is 0.731. The smallest absolute Gasteiger partial charge is 0.238 e. The number of nitrogens with one attached hydrogen (secondary N) is 2. The minimum atomic E-state index is -0.0980. The molecule has 1 aromatic rings. The number of benzene rings is 1. The zero-order chi connectivity index (χ0) is 22.2. The number of amides is 1.